The molecule has 3 unspecified atom stereocenters. The van der Waals surface area contributed by atoms with Gasteiger partial charge in [-0.2, -0.15) is 0 Å². The molecule has 0 aromatic rings. The van der Waals surface area contributed by atoms with Crippen molar-refractivity contribution in [2.24, 2.45) is 17.8 Å². The van der Waals surface area contributed by atoms with Crippen molar-refractivity contribution in [3.05, 3.63) is 0 Å². The highest BCUT2D eigenvalue weighted by molar-refractivity contribution is 5.80. The Balaban J connectivity index is 1.69. The second-order valence-electron chi connectivity index (χ2n) is 5.44. The van der Waals surface area contributed by atoms with E-state index in [0.717, 1.165) is 38.4 Å². The molecule has 2 aliphatic heterocycles. The summed E-state index contributed by atoms with van der Waals surface area (Å²) in [7, 11) is 0. The molecule has 3 nitrogen and oxygen atoms in total. The molecule has 0 aromatic heterocycles. The Labute approximate surface area is 91.2 Å². The van der Waals surface area contributed by atoms with E-state index in [4.69, 9.17) is 0 Å². The second kappa shape index (κ2) is 3.48. The van der Waals surface area contributed by atoms with E-state index in [1.807, 2.05) is 0 Å². The van der Waals surface area contributed by atoms with Crippen molar-refractivity contribution >= 4 is 5.91 Å². The predicted molar refractivity (Wildman–Crippen MR) is 58.4 cm³/mol. The number of amides is 1. The Bertz CT molecular complexity index is 275. The Kier molecular flexibility index (Phi) is 2.23. The summed E-state index contributed by atoms with van der Waals surface area (Å²) in [5, 5.41) is 3.43. The molecule has 0 bridgehead atoms. The van der Waals surface area contributed by atoms with Crippen LogP contribution in [0.4, 0.5) is 0 Å². The summed E-state index contributed by atoms with van der Waals surface area (Å²) in [4.78, 5) is 14.3. The lowest BCUT2D eigenvalue weighted by Gasteiger charge is -2.32. The third-order valence-corrected chi connectivity index (χ3v) is 4.67. The number of likely N-dealkylation sites (tertiary alicyclic amines) is 1. The number of carbonyl (C=O) groups is 1. The number of nitrogens with zero attached hydrogens (tertiary/aromatic N) is 1. The van der Waals surface area contributed by atoms with Crippen LogP contribution in [0.25, 0.3) is 0 Å². The summed E-state index contributed by atoms with van der Waals surface area (Å²) in [6, 6.07) is 0.470. The average Bonchev–Trinajstić information content (AvgIpc) is 2.66. The van der Waals surface area contributed by atoms with Gasteiger partial charge in [-0.15, -0.1) is 0 Å². The largest absolute Gasteiger partial charge is 0.339 e. The summed E-state index contributed by atoms with van der Waals surface area (Å²) in [6.07, 6.45) is 3.53. The molecule has 3 atom stereocenters. The van der Waals surface area contributed by atoms with E-state index >= 15 is 0 Å². The van der Waals surface area contributed by atoms with Crippen LogP contribution in [-0.2, 0) is 4.79 Å². The SMILES string of the molecule is CC1C2CNCC2CN1C(=O)C1CCC1. The van der Waals surface area contributed by atoms with Crippen LogP contribution in [0, 0.1) is 17.8 Å². The number of hydrogen-bond acceptors (Lipinski definition) is 2. The lowest BCUT2D eigenvalue weighted by Crippen LogP contribution is -2.43. The van der Waals surface area contributed by atoms with Gasteiger partial charge in [0.25, 0.3) is 0 Å². The van der Waals surface area contributed by atoms with E-state index in [0.29, 0.717) is 23.8 Å². The topological polar surface area (TPSA) is 32.3 Å². The van der Waals surface area contributed by atoms with Crippen molar-refractivity contribution in [1.82, 2.24) is 10.2 Å². The minimum atomic E-state index is 0.374. The first-order valence-corrected chi connectivity index (χ1v) is 6.28. The fraction of sp³-hybridized carbons (Fsp3) is 0.917. The Morgan fingerprint density at radius 3 is 2.73 bits per heavy atom. The molecule has 0 radical (unpaired) electrons. The van der Waals surface area contributed by atoms with Crippen LogP contribution in [0.3, 0.4) is 0 Å². The van der Waals surface area contributed by atoms with E-state index in [-0.39, 0.29) is 0 Å². The summed E-state index contributed by atoms with van der Waals surface area (Å²) in [6.45, 7) is 5.46. The van der Waals surface area contributed by atoms with Gasteiger partial charge in [-0.05, 0) is 31.6 Å². The van der Waals surface area contributed by atoms with Gasteiger partial charge in [-0.1, -0.05) is 6.42 Å². The number of carbonyl (C=O) groups excluding carboxylic acids is 1. The van der Waals surface area contributed by atoms with Gasteiger partial charge in [0, 0.05) is 31.6 Å². The molecule has 3 heteroatoms. The van der Waals surface area contributed by atoms with E-state index in [1.165, 1.54) is 6.42 Å². The summed E-state index contributed by atoms with van der Waals surface area (Å²) in [5.74, 6) is 2.26. The van der Waals surface area contributed by atoms with E-state index in [2.05, 4.69) is 17.1 Å². The second-order valence-corrected chi connectivity index (χ2v) is 5.44. The molecule has 3 rings (SSSR count). The summed E-state index contributed by atoms with van der Waals surface area (Å²) >= 11 is 0. The van der Waals surface area contributed by atoms with Crippen molar-refractivity contribution in [3.63, 3.8) is 0 Å². The molecule has 3 fully saturated rings. The zero-order valence-corrected chi connectivity index (χ0v) is 9.41. The van der Waals surface area contributed by atoms with Crippen LogP contribution < -0.4 is 5.32 Å². The summed E-state index contributed by atoms with van der Waals surface area (Å²) < 4.78 is 0. The highest BCUT2D eigenvalue weighted by atomic mass is 16.2. The van der Waals surface area contributed by atoms with Gasteiger partial charge in [-0.3, -0.25) is 4.79 Å². The summed E-state index contributed by atoms with van der Waals surface area (Å²) in [5.41, 5.74) is 0. The molecule has 15 heavy (non-hydrogen) atoms. The third-order valence-electron chi connectivity index (χ3n) is 4.67. The Morgan fingerprint density at radius 2 is 2.13 bits per heavy atom. The monoisotopic (exact) mass is 208 g/mol. The van der Waals surface area contributed by atoms with Crippen LogP contribution in [0.15, 0.2) is 0 Å². The van der Waals surface area contributed by atoms with Crippen LogP contribution in [0.1, 0.15) is 26.2 Å². The molecule has 1 N–H and O–H groups in total. The average molecular weight is 208 g/mol. The normalized spacial score (nSPS) is 40.3. The van der Waals surface area contributed by atoms with Gasteiger partial charge in [0.2, 0.25) is 5.91 Å². The fourth-order valence-corrected chi connectivity index (χ4v) is 3.35. The highest BCUT2D eigenvalue weighted by Gasteiger charge is 2.45. The van der Waals surface area contributed by atoms with Crippen LogP contribution in [-0.4, -0.2) is 36.5 Å². The van der Waals surface area contributed by atoms with Crippen LogP contribution in [0.2, 0.25) is 0 Å². The molecule has 3 aliphatic rings. The van der Waals surface area contributed by atoms with Gasteiger partial charge < -0.3 is 10.2 Å². The van der Waals surface area contributed by atoms with Gasteiger partial charge in [-0.25, -0.2) is 0 Å². The van der Waals surface area contributed by atoms with E-state index < -0.39 is 0 Å². The first kappa shape index (κ1) is 9.64. The number of nitrogens with one attached hydrogen (secondary N) is 1. The van der Waals surface area contributed by atoms with Crippen LogP contribution in [0.5, 0.6) is 0 Å². The maximum atomic E-state index is 12.2. The van der Waals surface area contributed by atoms with Gasteiger partial charge in [0.15, 0.2) is 0 Å². The molecule has 1 saturated carbocycles. The molecule has 0 aromatic carbocycles. The molecule has 84 valence electrons. The Hall–Kier alpha value is -0.570. The quantitative estimate of drug-likeness (QED) is 0.693. The van der Waals surface area contributed by atoms with E-state index in [9.17, 15) is 4.79 Å². The molecule has 1 amide bonds. The molecular weight excluding hydrogens is 188 g/mol. The van der Waals surface area contributed by atoms with Crippen molar-refractivity contribution in [3.8, 4) is 0 Å². The van der Waals surface area contributed by atoms with E-state index in [1.54, 1.807) is 0 Å². The predicted octanol–water partition coefficient (Wildman–Crippen LogP) is 0.853. The first-order chi connectivity index (χ1) is 7.27. The lowest BCUT2D eigenvalue weighted by molar-refractivity contribution is -0.139. The zero-order valence-electron chi connectivity index (χ0n) is 9.41. The standard InChI is InChI=1S/C12H20N2O/c1-8-11-6-13-5-10(11)7-14(8)12(15)9-3-2-4-9/h8-11,13H,2-7H2,1H3. The first-order valence-electron chi connectivity index (χ1n) is 6.28. The molecular formula is C12H20N2O. The number of rotatable bonds is 1. The zero-order chi connectivity index (χ0) is 10.4. The minimum Gasteiger partial charge on any atom is -0.339 e. The lowest BCUT2D eigenvalue weighted by atomic mass is 9.84. The maximum absolute atomic E-state index is 12.2. The number of hydrogen-bond donors (Lipinski definition) is 1. The van der Waals surface area contributed by atoms with Crippen LogP contribution >= 0.6 is 0 Å². The molecule has 2 saturated heterocycles. The highest BCUT2D eigenvalue weighted by Crippen LogP contribution is 2.36. The molecule has 0 spiro atoms. The van der Waals surface area contributed by atoms with Gasteiger partial charge in [0.05, 0.1) is 0 Å². The maximum Gasteiger partial charge on any atom is 0.225 e. The number of fused-ring (bicyclic) bond motifs is 1. The Morgan fingerprint density at radius 1 is 1.33 bits per heavy atom. The van der Waals surface area contributed by atoms with Gasteiger partial charge in [0.1, 0.15) is 0 Å². The van der Waals surface area contributed by atoms with Gasteiger partial charge >= 0.3 is 0 Å². The fourth-order valence-electron chi connectivity index (χ4n) is 3.35. The van der Waals surface area contributed by atoms with Crippen molar-refractivity contribution in [2.75, 3.05) is 19.6 Å². The van der Waals surface area contributed by atoms with Crippen molar-refractivity contribution < 1.29 is 4.79 Å². The molecule has 1 aliphatic carbocycles. The molecule has 2 heterocycles. The van der Waals surface area contributed by atoms with Crippen molar-refractivity contribution in [2.45, 2.75) is 32.2 Å². The smallest absolute Gasteiger partial charge is 0.225 e. The third kappa shape index (κ3) is 1.40. The minimum absolute atomic E-state index is 0.374. The van der Waals surface area contributed by atoms with Crippen molar-refractivity contribution in [1.29, 1.82) is 0 Å².